The minimum atomic E-state index is 0.228. The Balaban J connectivity index is 0.000000103. The molecule has 0 amide bonds. The second kappa shape index (κ2) is 13.3. The average molecular weight is 715 g/mol. The first-order chi connectivity index (χ1) is 26.2. The first-order valence-corrected chi connectivity index (χ1v) is 21.6. The van der Waals surface area contributed by atoms with Crippen LogP contribution in [0, 0.1) is 23.7 Å². The monoisotopic (exact) mass is 714 g/mol. The third-order valence-corrected chi connectivity index (χ3v) is 14.7. The fourth-order valence-electron chi connectivity index (χ4n) is 12.4. The van der Waals surface area contributed by atoms with Crippen LogP contribution in [0.3, 0.4) is 0 Å². The van der Waals surface area contributed by atoms with Crippen LogP contribution in [-0.4, -0.2) is 0 Å². The van der Waals surface area contributed by atoms with Gasteiger partial charge >= 0.3 is 0 Å². The van der Waals surface area contributed by atoms with Gasteiger partial charge in [0.1, 0.15) is 0 Å². The summed E-state index contributed by atoms with van der Waals surface area (Å²) >= 11 is 0. The van der Waals surface area contributed by atoms with Crippen molar-refractivity contribution >= 4 is 32.7 Å². The second-order valence-electron chi connectivity index (χ2n) is 19.0. The zero-order valence-corrected chi connectivity index (χ0v) is 33.5. The Hall–Kier alpha value is -4.11. The lowest BCUT2D eigenvalue weighted by Gasteiger charge is -2.53. The van der Waals surface area contributed by atoms with Crippen molar-refractivity contribution in [3.05, 3.63) is 125 Å². The van der Waals surface area contributed by atoms with Gasteiger partial charge in [0, 0.05) is 87.6 Å². The zero-order valence-electron chi connectivity index (χ0n) is 33.5. The number of aromatic nitrogens is 3. The molecule has 13 rings (SSSR count). The molecule has 6 aromatic rings. The number of hydrogen-bond donors (Lipinski definition) is 0. The van der Waals surface area contributed by atoms with E-state index in [0.29, 0.717) is 5.92 Å². The third-order valence-electron chi connectivity index (χ3n) is 14.7. The molecule has 0 spiro atoms. The fourth-order valence-corrected chi connectivity index (χ4v) is 12.4. The smallest absolute Gasteiger partial charge is 0.195 e. The van der Waals surface area contributed by atoms with Gasteiger partial charge in [-0.25, -0.2) is 0 Å². The highest BCUT2D eigenvalue weighted by Gasteiger charge is 2.51. The lowest BCUT2D eigenvalue weighted by atomic mass is 9.51. The van der Waals surface area contributed by atoms with Gasteiger partial charge in [-0.1, -0.05) is 71.0 Å². The molecule has 6 heterocycles. The van der Waals surface area contributed by atoms with Crippen LogP contribution >= 0.6 is 0 Å². The van der Waals surface area contributed by atoms with Crippen molar-refractivity contribution in [2.24, 2.45) is 23.7 Å². The highest BCUT2D eigenvalue weighted by molar-refractivity contribution is 5.81. The fraction of sp³-hybridized carbons (Fsp3) is 0.471. The van der Waals surface area contributed by atoms with Crippen molar-refractivity contribution < 1.29 is 13.7 Å². The van der Waals surface area contributed by atoms with Gasteiger partial charge in [0.25, 0.3) is 0 Å². The van der Waals surface area contributed by atoms with Gasteiger partial charge in [-0.3, -0.25) is 0 Å². The number of rotatable bonds is 3. The predicted molar refractivity (Wildman–Crippen MR) is 221 cm³/mol. The summed E-state index contributed by atoms with van der Waals surface area (Å²) < 4.78 is 7.74. The highest BCUT2D eigenvalue weighted by Crippen LogP contribution is 2.59. The molecule has 1 atom stereocenters. The Kier molecular flexibility index (Phi) is 8.46. The molecule has 3 aromatic carbocycles. The molecule has 0 saturated heterocycles. The van der Waals surface area contributed by atoms with Gasteiger partial charge in [-0.2, -0.15) is 13.7 Å². The van der Waals surface area contributed by atoms with E-state index in [4.69, 9.17) is 0 Å². The van der Waals surface area contributed by atoms with Gasteiger partial charge in [-0.05, 0) is 98.6 Å². The van der Waals surface area contributed by atoms with Crippen molar-refractivity contribution in [3.8, 4) is 0 Å². The third kappa shape index (κ3) is 5.70. The molecule has 0 N–H and O–H groups in total. The summed E-state index contributed by atoms with van der Waals surface area (Å²) in [5, 5.41) is 4.22. The minimum absolute atomic E-state index is 0.228. The molecule has 3 aliphatic heterocycles. The maximum atomic E-state index is 2.71. The number of pyridine rings is 3. The Bertz CT molecular complexity index is 2390. The van der Waals surface area contributed by atoms with Gasteiger partial charge in [-0.15, -0.1) is 0 Å². The molecule has 1 unspecified atom stereocenters. The predicted octanol–water partition coefficient (Wildman–Crippen LogP) is 10.4. The molecule has 4 aliphatic carbocycles. The maximum Gasteiger partial charge on any atom is 0.216 e. The summed E-state index contributed by atoms with van der Waals surface area (Å²) in [7, 11) is 0. The van der Waals surface area contributed by atoms with E-state index >= 15 is 0 Å². The number of nitrogens with zero attached hydrogens (tertiary/aromatic N) is 3. The number of aryl methyl sites for hydroxylation is 6. The van der Waals surface area contributed by atoms with Crippen LogP contribution in [0.15, 0.2) is 91.0 Å². The standard InChI is InChI=1S/C21H24N.2C15H18N/c1-2-15-4-5-19(22-7-6-16(3-1)21(15)22)20-17-9-13-8-14(11-17)12-18(20)10-13;1-15(2,3)13-8-7-11-5-4-6-12-9-10-16(13)14(11)12;1-3-11(2)14-8-7-12-5-4-6-13-9-10-16(14)15(12)13/h1-5,13-14,17-18,20H,6-12H2;4-8H,9-10H2,1-3H3;4-8,11H,3,9-10H2,1-2H3/q3*+1. The van der Waals surface area contributed by atoms with E-state index in [2.05, 4.69) is 139 Å². The normalized spacial score (nSPS) is 24.5. The minimum Gasteiger partial charge on any atom is -0.195 e. The lowest BCUT2D eigenvalue weighted by Crippen LogP contribution is -2.48. The number of hydrogen-bond acceptors (Lipinski definition) is 0. The molecular weight excluding hydrogens is 655 g/mol. The van der Waals surface area contributed by atoms with Crippen molar-refractivity contribution in [1.82, 2.24) is 0 Å². The first-order valence-electron chi connectivity index (χ1n) is 21.6. The molecular formula is C51H60N3+3. The molecule has 276 valence electrons. The molecule has 3 aromatic heterocycles. The molecule has 7 aliphatic rings. The van der Waals surface area contributed by atoms with Crippen LogP contribution in [0.5, 0.6) is 0 Å². The van der Waals surface area contributed by atoms with Gasteiger partial charge < -0.3 is 0 Å². The maximum absolute atomic E-state index is 2.71. The zero-order chi connectivity index (χ0) is 36.7. The van der Waals surface area contributed by atoms with E-state index in [1.54, 1.807) is 23.2 Å². The average Bonchev–Trinajstić information content (AvgIpc) is 3.93. The largest absolute Gasteiger partial charge is 0.216 e. The number of para-hydroxylation sites is 3. The van der Waals surface area contributed by atoms with Gasteiger partial charge in [0.05, 0.1) is 0 Å². The Labute approximate surface area is 323 Å². The summed E-state index contributed by atoms with van der Waals surface area (Å²) in [6.07, 6.45) is 12.5. The number of benzene rings is 3. The molecule has 4 saturated carbocycles. The van der Waals surface area contributed by atoms with Crippen LogP contribution in [0.25, 0.3) is 32.7 Å². The van der Waals surface area contributed by atoms with Crippen LogP contribution in [0.4, 0.5) is 0 Å². The Morgan fingerprint density at radius 2 is 1.04 bits per heavy atom. The summed E-state index contributed by atoms with van der Waals surface area (Å²) in [6.45, 7) is 15.0. The second-order valence-corrected chi connectivity index (χ2v) is 19.0. The summed E-state index contributed by atoms with van der Waals surface area (Å²) in [5.74, 6) is 5.66. The quantitative estimate of drug-likeness (QED) is 0.162. The van der Waals surface area contributed by atoms with Gasteiger partial charge in [0.15, 0.2) is 36.7 Å². The van der Waals surface area contributed by atoms with E-state index in [1.165, 1.54) is 108 Å². The lowest BCUT2D eigenvalue weighted by molar-refractivity contribution is -0.674. The van der Waals surface area contributed by atoms with Gasteiger partial charge in [0.2, 0.25) is 16.6 Å². The SMILES string of the molecule is CC(C)(C)c1ccc2cccc3c2[n+]1CC3.CCC(C)c1ccc2cccc3c2[n+]1CC3.c1cc2c3c(c1)ccc(C1C4CC5CC(C4)CC1C5)[n+]3CC2. The molecule has 4 bridgehead atoms. The molecule has 3 heteroatoms. The molecule has 4 fully saturated rings. The van der Waals surface area contributed by atoms with E-state index in [1.807, 2.05) is 0 Å². The van der Waals surface area contributed by atoms with E-state index < -0.39 is 0 Å². The topological polar surface area (TPSA) is 11.6 Å². The van der Waals surface area contributed by atoms with Crippen molar-refractivity contribution in [2.45, 2.75) is 129 Å². The first kappa shape index (κ1) is 34.4. The highest BCUT2D eigenvalue weighted by atomic mass is 15.0. The van der Waals surface area contributed by atoms with Crippen LogP contribution in [0.1, 0.15) is 119 Å². The Morgan fingerprint density at radius 1 is 0.556 bits per heavy atom. The van der Waals surface area contributed by atoms with Crippen LogP contribution < -0.4 is 13.7 Å². The van der Waals surface area contributed by atoms with Crippen molar-refractivity contribution in [1.29, 1.82) is 0 Å². The Morgan fingerprint density at radius 3 is 1.59 bits per heavy atom. The van der Waals surface area contributed by atoms with E-state index in [-0.39, 0.29) is 5.41 Å². The summed E-state index contributed by atoms with van der Waals surface area (Å²) in [4.78, 5) is 0. The molecule has 0 radical (unpaired) electrons. The summed E-state index contributed by atoms with van der Waals surface area (Å²) in [6, 6.07) is 34.2. The van der Waals surface area contributed by atoms with Crippen LogP contribution in [0.2, 0.25) is 0 Å². The van der Waals surface area contributed by atoms with E-state index in [9.17, 15) is 0 Å². The van der Waals surface area contributed by atoms with Crippen molar-refractivity contribution in [2.75, 3.05) is 0 Å². The summed E-state index contributed by atoms with van der Waals surface area (Å²) in [5.41, 5.74) is 13.9. The molecule has 3 nitrogen and oxygen atoms in total. The van der Waals surface area contributed by atoms with Crippen LogP contribution in [-0.2, 0) is 44.3 Å². The van der Waals surface area contributed by atoms with Crippen molar-refractivity contribution in [3.63, 3.8) is 0 Å². The van der Waals surface area contributed by atoms with E-state index in [0.717, 1.165) is 42.7 Å². The molecule has 54 heavy (non-hydrogen) atoms.